The Balaban J connectivity index is 1.94. The van der Waals surface area contributed by atoms with E-state index >= 15 is 0 Å². The van der Waals surface area contributed by atoms with Crippen molar-refractivity contribution in [2.45, 2.75) is 58.2 Å². The lowest BCUT2D eigenvalue weighted by molar-refractivity contribution is 0.00555. The zero-order valence-corrected chi connectivity index (χ0v) is 12.4. The van der Waals surface area contributed by atoms with Gasteiger partial charge in [0, 0.05) is 18.0 Å². The molecule has 3 atom stereocenters. The molecule has 19 heavy (non-hydrogen) atoms. The molecule has 106 valence electrons. The number of aliphatic hydroxyl groups is 1. The minimum atomic E-state index is -0.165. The van der Waals surface area contributed by atoms with Crippen LogP contribution in [0, 0.1) is 11.8 Å². The minimum Gasteiger partial charge on any atom is -0.393 e. The van der Waals surface area contributed by atoms with Crippen LogP contribution in [0.15, 0.2) is 30.3 Å². The highest BCUT2D eigenvalue weighted by Crippen LogP contribution is 2.35. The van der Waals surface area contributed by atoms with Crippen molar-refractivity contribution in [3.05, 3.63) is 35.9 Å². The highest BCUT2D eigenvalue weighted by molar-refractivity contribution is 5.14. The third-order valence-electron chi connectivity index (χ3n) is 4.60. The van der Waals surface area contributed by atoms with Crippen LogP contribution in [0.4, 0.5) is 0 Å². The van der Waals surface area contributed by atoms with Crippen LogP contribution in [0.2, 0.25) is 0 Å². The maximum Gasteiger partial charge on any atom is 0.0588 e. The summed E-state index contributed by atoms with van der Waals surface area (Å²) in [6.45, 7) is 7.55. The van der Waals surface area contributed by atoms with Crippen LogP contribution in [0.5, 0.6) is 0 Å². The van der Waals surface area contributed by atoms with Gasteiger partial charge in [0.25, 0.3) is 0 Å². The fourth-order valence-corrected chi connectivity index (χ4v) is 3.25. The highest BCUT2D eigenvalue weighted by Gasteiger charge is 2.37. The molecule has 0 amide bonds. The molecular weight excluding hydrogens is 234 g/mol. The van der Waals surface area contributed by atoms with Gasteiger partial charge in [-0.15, -0.1) is 0 Å². The molecule has 2 rings (SSSR count). The fraction of sp³-hybridized carbons (Fsp3) is 0.647. The highest BCUT2D eigenvalue weighted by atomic mass is 16.3. The zero-order chi connectivity index (χ0) is 13.9. The van der Waals surface area contributed by atoms with Crippen molar-refractivity contribution in [3.63, 3.8) is 0 Å². The molecule has 0 saturated heterocycles. The molecule has 2 N–H and O–H groups in total. The second-order valence-corrected chi connectivity index (χ2v) is 6.65. The first-order valence-corrected chi connectivity index (χ1v) is 7.46. The molecular formula is C17H27NO. The van der Waals surface area contributed by atoms with Crippen LogP contribution in [0.25, 0.3) is 0 Å². The van der Waals surface area contributed by atoms with Crippen LogP contribution in [0.3, 0.4) is 0 Å². The van der Waals surface area contributed by atoms with Crippen LogP contribution in [0.1, 0.15) is 45.6 Å². The minimum absolute atomic E-state index is 0.0185. The van der Waals surface area contributed by atoms with E-state index < -0.39 is 0 Å². The maximum absolute atomic E-state index is 10.3. The summed E-state index contributed by atoms with van der Waals surface area (Å²) in [6.07, 6.45) is 3.14. The van der Waals surface area contributed by atoms with E-state index in [-0.39, 0.29) is 11.6 Å². The Hall–Kier alpha value is -0.860. The molecule has 0 aliphatic heterocycles. The van der Waals surface area contributed by atoms with Crippen LogP contribution < -0.4 is 5.32 Å². The van der Waals surface area contributed by atoms with E-state index in [0.29, 0.717) is 11.8 Å². The Labute approximate surface area is 117 Å². The second-order valence-electron chi connectivity index (χ2n) is 6.65. The quantitative estimate of drug-likeness (QED) is 0.871. The van der Waals surface area contributed by atoms with E-state index in [1.165, 1.54) is 12.0 Å². The Morgan fingerprint density at radius 2 is 1.89 bits per heavy atom. The third-order valence-corrected chi connectivity index (χ3v) is 4.60. The summed E-state index contributed by atoms with van der Waals surface area (Å²) < 4.78 is 0. The van der Waals surface area contributed by atoms with E-state index in [1.807, 2.05) is 6.07 Å². The molecule has 0 radical (unpaired) electrons. The van der Waals surface area contributed by atoms with Gasteiger partial charge in [-0.1, -0.05) is 43.7 Å². The molecule has 0 heterocycles. The molecule has 1 saturated carbocycles. The molecule has 0 unspecified atom stereocenters. The summed E-state index contributed by atoms with van der Waals surface area (Å²) >= 11 is 0. The Morgan fingerprint density at radius 3 is 2.53 bits per heavy atom. The number of aliphatic hydroxyl groups excluding tert-OH is 1. The molecule has 2 nitrogen and oxygen atoms in total. The van der Waals surface area contributed by atoms with Crippen LogP contribution >= 0.6 is 0 Å². The lowest BCUT2D eigenvalue weighted by atomic mass is 9.72. The number of nitrogens with one attached hydrogen (secondary N) is 1. The summed E-state index contributed by atoms with van der Waals surface area (Å²) in [4.78, 5) is 0. The number of benzene rings is 1. The van der Waals surface area contributed by atoms with Gasteiger partial charge < -0.3 is 10.4 Å². The first kappa shape index (κ1) is 14.5. The average Bonchev–Trinajstić information content (AvgIpc) is 2.37. The lowest BCUT2D eigenvalue weighted by Gasteiger charge is -2.42. The van der Waals surface area contributed by atoms with Crippen LogP contribution in [-0.4, -0.2) is 16.7 Å². The van der Waals surface area contributed by atoms with Gasteiger partial charge in [-0.3, -0.25) is 0 Å². The van der Waals surface area contributed by atoms with Gasteiger partial charge in [-0.25, -0.2) is 0 Å². The molecule has 1 aliphatic rings. The predicted octanol–water partition coefficient (Wildman–Crippen LogP) is 3.35. The number of rotatable bonds is 4. The summed E-state index contributed by atoms with van der Waals surface area (Å²) in [7, 11) is 0. The SMILES string of the molecule is C[C@@H]1CC[C@@H](C(C)(C)NCc2ccccc2)[C@H](O)C1. The number of hydrogen-bond donors (Lipinski definition) is 2. The van der Waals surface area contributed by atoms with Gasteiger partial charge in [-0.05, 0) is 38.2 Å². The van der Waals surface area contributed by atoms with Gasteiger partial charge in [0.05, 0.1) is 6.10 Å². The smallest absolute Gasteiger partial charge is 0.0588 e. The Morgan fingerprint density at radius 1 is 1.21 bits per heavy atom. The van der Waals surface area contributed by atoms with Crippen molar-refractivity contribution < 1.29 is 5.11 Å². The fourth-order valence-electron chi connectivity index (χ4n) is 3.25. The first-order chi connectivity index (χ1) is 8.99. The van der Waals surface area contributed by atoms with E-state index in [9.17, 15) is 5.11 Å². The van der Waals surface area contributed by atoms with E-state index in [0.717, 1.165) is 19.4 Å². The van der Waals surface area contributed by atoms with Crippen molar-refractivity contribution in [3.8, 4) is 0 Å². The molecule has 0 bridgehead atoms. The summed E-state index contributed by atoms with van der Waals surface area (Å²) in [6, 6.07) is 10.5. The summed E-state index contributed by atoms with van der Waals surface area (Å²) in [5.74, 6) is 1.02. The number of hydrogen-bond acceptors (Lipinski definition) is 2. The van der Waals surface area contributed by atoms with Crippen LogP contribution in [-0.2, 0) is 6.54 Å². The van der Waals surface area contributed by atoms with Crippen molar-refractivity contribution >= 4 is 0 Å². The lowest BCUT2D eigenvalue weighted by Crippen LogP contribution is -2.51. The largest absolute Gasteiger partial charge is 0.393 e. The first-order valence-electron chi connectivity index (χ1n) is 7.46. The molecule has 0 aromatic heterocycles. The monoisotopic (exact) mass is 261 g/mol. The van der Waals surface area contributed by atoms with Gasteiger partial charge >= 0.3 is 0 Å². The normalized spacial score (nSPS) is 28.3. The molecule has 0 spiro atoms. The van der Waals surface area contributed by atoms with Crippen molar-refractivity contribution in [1.82, 2.24) is 5.32 Å². The molecule has 1 aromatic rings. The molecule has 1 aromatic carbocycles. The van der Waals surface area contributed by atoms with E-state index in [2.05, 4.69) is 50.4 Å². The van der Waals surface area contributed by atoms with E-state index in [1.54, 1.807) is 0 Å². The molecule has 1 fully saturated rings. The second kappa shape index (κ2) is 6.06. The van der Waals surface area contributed by atoms with Crippen molar-refractivity contribution in [2.75, 3.05) is 0 Å². The summed E-state index contributed by atoms with van der Waals surface area (Å²) in [5, 5.41) is 14.0. The predicted molar refractivity (Wildman–Crippen MR) is 79.9 cm³/mol. The van der Waals surface area contributed by atoms with E-state index in [4.69, 9.17) is 0 Å². The maximum atomic E-state index is 10.3. The third kappa shape index (κ3) is 3.80. The Bertz CT molecular complexity index is 388. The Kier molecular flexibility index (Phi) is 4.64. The van der Waals surface area contributed by atoms with Crippen molar-refractivity contribution in [1.29, 1.82) is 0 Å². The topological polar surface area (TPSA) is 32.3 Å². The van der Waals surface area contributed by atoms with Gasteiger partial charge in [0.15, 0.2) is 0 Å². The van der Waals surface area contributed by atoms with Gasteiger partial charge in [-0.2, -0.15) is 0 Å². The molecule has 1 aliphatic carbocycles. The van der Waals surface area contributed by atoms with Crippen molar-refractivity contribution in [2.24, 2.45) is 11.8 Å². The van der Waals surface area contributed by atoms with Gasteiger partial charge in [0.2, 0.25) is 0 Å². The van der Waals surface area contributed by atoms with Gasteiger partial charge in [0.1, 0.15) is 0 Å². The average molecular weight is 261 g/mol. The standard InChI is InChI=1S/C17H27NO/c1-13-9-10-15(16(19)11-13)17(2,3)18-12-14-7-5-4-6-8-14/h4-8,13,15-16,18-19H,9-12H2,1-3H3/t13-,15-,16-/m1/s1. The molecule has 2 heteroatoms. The summed E-state index contributed by atoms with van der Waals surface area (Å²) in [5.41, 5.74) is 1.28. The zero-order valence-electron chi connectivity index (χ0n) is 12.4.